The Morgan fingerprint density at radius 2 is 1.37 bits per heavy atom. The highest BCUT2D eigenvalue weighted by Crippen LogP contribution is 2.24. The van der Waals surface area contributed by atoms with Gasteiger partial charge in [0.25, 0.3) is 0 Å². The Bertz CT molecular complexity index is 272. The van der Waals surface area contributed by atoms with Gasteiger partial charge < -0.3 is 33.9 Å². The fraction of sp³-hybridized carbons (Fsp3) is 1.00. The maximum atomic E-state index is 9.07. The van der Waals surface area contributed by atoms with Crippen LogP contribution in [-0.4, -0.2) is 73.6 Å². The van der Waals surface area contributed by atoms with Crippen LogP contribution in [0.25, 0.3) is 0 Å². The Balaban J connectivity index is 1.63. The Kier molecular flexibility index (Phi) is 4.78. The molecule has 2 N–H and O–H groups in total. The van der Waals surface area contributed by atoms with Gasteiger partial charge in [-0.3, -0.25) is 0 Å². The van der Waals surface area contributed by atoms with E-state index in [0.717, 1.165) is 0 Å². The average molecular weight is 278 g/mol. The molecule has 0 aromatic carbocycles. The van der Waals surface area contributed by atoms with Crippen molar-refractivity contribution in [3.63, 3.8) is 0 Å². The van der Waals surface area contributed by atoms with Gasteiger partial charge in [-0.1, -0.05) is 0 Å². The highest BCUT2D eigenvalue weighted by atomic mass is 16.8. The van der Waals surface area contributed by atoms with Crippen molar-refractivity contribution in [2.45, 2.75) is 37.6 Å². The van der Waals surface area contributed by atoms with Crippen LogP contribution in [0.1, 0.15) is 13.8 Å². The van der Waals surface area contributed by atoms with Crippen molar-refractivity contribution in [2.75, 3.05) is 39.6 Å². The maximum Gasteiger partial charge on any atom is 0.189 e. The third kappa shape index (κ3) is 3.85. The molecule has 2 fully saturated rings. The zero-order chi connectivity index (χ0) is 13.9. The van der Waals surface area contributed by atoms with Crippen molar-refractivity contribution in [3.8, 4) is 0 Å². The molecule has 7 nitrogen and oxygen atoms in total. The van der Waals surface area contributed by atoms with Gasteiger partial charge in [-0.05, 0) is 13.8 Å². The molecule has 4 atom stereocenters. The second-order valence-electron chi connectivity index (χ2n) is 5.22. The number of aliphatic hydroxyl groups excluding tert-OH is 2. The monoisotopic (exact) mass is 278 g/mol. The Morgan fingerprint density at radius 3 is 1.68 bits per heavy atom. The number of hydrogen-bond acceptors (Lipinski definition) is 7. The first-order valence-corrected chi connectivity index (χ1v) is 6.42. The lowest BCUT2D eigenvalue weighted by Crippen LogP contribution is -2.33. The van der Waals surface area contributed by atoms with E-state index in [0.29, 0.717) is 26.4 Å². The van der Waals surface area contributed by atoms with Gasteiger partial charge in [0.15, 0.2) is 11.6 Å². The molecular weight excluding hydrogens is 256 g/mol. The van der Waals surface area contributed by atoms with E-state index in [-0.39, 0.29) is 25.4 Å². The molecule has 0 aromatic heterocycles. The van der Waals surface area contributed by atoms with Crippen molar-refractivity contribution >= 4 is 0 Å². The summed E-state index contributed by atoms with van der Waals surface area (Å²) in [7, 11) is 0. The lowest BCUT2D eigenvalue weighted by molar-refractivity contribution is -0.189. The lowest BCUT2D eigenvalue weighted by atomic mass is 10.3. The quantitative estimate of drug-likeness (QED) is 0.661. The Morgan fingerprint density at radius 1 is 0.947 bits per heavy atom. The summed E-state index contributed by atoms with van der Waals surface area (Å²) in [6, 6.07) is 0. The van der Waals surface area contributed by atoms with Gasteiger partial charge in [0.1, 0.15) is 12.2 Å². The van der Waals surface area contributed by atoms with Crippen molar-refractivity contribution in [1.82, 2.24) is 0 Å². The largest absolute Gasteiger partial charge is 0.391 e. The summed E-state index contributed by atoms with van der Waals surface area (Å²) in [5.74, 6) is -1.84. The number of ether oxygens (including phenoxy) is 5. The van der Waals surface area contributed by atoms with E-state index in [1.165, 1.54) is 0 Å². The van der Waals surface area contributed by atoms with Crippen molar-refractivity contribution in [2.24, 2.45) is 0 Å². The molecule has 0 spiro atoms. The summed E-state index contributed by atoms with van der Waals surface area (Å²) in [6.07, 6.45) is -0.382. The van der Waals surface area contributed by atoms with Crippen LogP contribution < -0.4 is 0 Å². The van der Waals surface area contributed by atoms with Gasteiger partial charge in [0.05, 0.1) is 39.6 Å². The van der Waals surface area contributed by atoms with Crippen LogP contribution in [0.5, 0.6) is 0 Å². The maximum absolute atomic E-state index is 9.07. The molecule has 2 heterocycles. The molecule has 0 amide bonds. The van der Waals surface area contributed by atoms with E-state index in [1.807, 2.05) is 0 Å². The van der Waals surface area contributed by atoms with E-state index in [2.05, 4.69) is 0 Å². The summed E-state index contributed by atoms with van der Waals surface area (Å²) in [5.41, 5.74) is 0. The van der Waals surface area contributed by atoms with Crippen LogP contribution in [0.3, 0.4) is 0 Å². The fourth-order valence-electron chi connectivity index (χ4n) is 2.04. The topological polar surface area (TPSA) is 86.6 Å². The Labute approximate surface area is 112 Å². The number of rotatable bonds is 6. The minimum Gasteiger partial charge on any atom is -0.391 e. The molecule has 112 valence electrons. The number of aliphatic hydroxyl groups is 2. The van der Waals surface area contributed by atoms with E-state index in [1.54, 1.807) is 13.8 Å². The van der Waals surface area contributed by atoms with Crippen molar-refractivity contribution in [3.05, 3.63) is 0 Å². The first-order chi connectivity index (χ1) is 8.99. The smallest absolute Gasteiger partial charge is 0.189 e. The summed E-state index contributed by atoms with van der Waals surface area (Å²) < 4.78 is 27.2. The van der Waals surface area contributed by atoms with Gasteiger partial charge >= 0.3 is 0 Å². The molecule has 19 heavy (non-hydrogen) atoms. The molecule has 2 aliphatic heterocycles. The van der Waals surface area contributed by atoms with Crippen LogP contribution in [0.15, 0.2) is 0 Å². The lowest BCUT2D eigenvalue weighted by Gasteiger charge is -2.21. The van der Waals surface area contributed by atoms with Gasteiger partial charge in [-0.2, -0.15) is 0 Å². The number of hydrogen-bond donors (Lipinski definition) is 2. The highest BCUT2D eigenvalue weighted by molar-refractivity contribution is 4.76. The van der Waals surface area contributed by atoms with Crippen LogP contribution >= 0.6 is 0 Å². The van der Waals surface area contributed by atoms with Crippen LogP contribution in [0, 0.1) is 0 Å². The molecule has 0 radical (unpaired) electrons. The highest BCUT2D eigenvalue weighted by Gasteiger charge is 2.38. The van der Waals surface area contributed by atoms with Crippen molar-refractivity contribution < 1.29 is 33.9 Å². The van der Waals surface area contributed by atoms with Gasteiger partial charge in [0.2, 0.25) is 0 Å². The standard InChI is InChI=1S/C12H22O7/c1-11(7-13)16-5-9(18-11)3-15-4-10-6-17-12(2,8-14)19-10/h9-10,13-14H,3-8H2,1-2H3. The summed E-state index contributed by atoms with van der Waals surface area (Å²) >= 11 is 0. The molecular formula is C12H22O7. The van der Waals surface area contributed by atoms with E-state index in [4.69, 9.17) is 33.9 Å². The van der Waals surface area contributed by atoms with Gasteiger partial charge in [-0.25, -0.2) is 0 Å². The molecule has 2 rings (SSSR count). The zero-order valence-electron chi connectivity index (χ0n) is 11.3. The van der Waals surface area contributed by atoms with Crippen LogP contribution in [-0.2, 0) is 23.7 Å². The molecule has 2 aliphatic rings. The van der Waals surface area contributed by atoms with Crippen LogP contribution in [0.4, 0.5) is 0 Å². The van der Waals surface area contributed by atoms with E-state index in [9.17, 15) is 0 Å². The first kappa shape index (κ1) is 15.1. The predicted molar refractivity (Wildman–Crippen MR) is 63.5 cm³/mol. The van der Waals surface area contributed by atoms with Crippen LogP contribution in [0.2, 0.25) is 0 Å². The molecule has 0 bridgehead atoms. The molecule has 2 saturated heterocycles. The summed E-state index contributed by atoms with van der Waals surface area (Å²) in [4.78, 5) is 0. The van der Waals surface area contributed by atoms with Crippen molar-refractivity contribution in [1.29, 1.82) is 0 Å². The second kappa shape index (κ2) is 6.01. The molecule has 4 unspecified atom stereocenters. The molecule has 0 aromatic rings. The van der Waals surface area contributed by atoms with E-state index < -0.39 is 11.6 Å². The molecule has 0 saturated carbocycles. The summed E-state index contributed by atoms with van der Waals surface area (Å²) in [6.45, 7) is 4.54. The van der Waals surface area contributed by atoms with E-state index >= 15 is 0 Å². The third-order valence-electron chi connectivity index (χ3n) is 3.16. The molecule has 0 aliphatic carbocycles. The summed E-state index contributed by atoms with van der Waals surface area (Å²) in [5, 5.41) is 18.1. The average Bonchev–Trinajstić information content (AvgIpc) is 2.96. The minimum atomic E-state index is -0.920. The fourth-order valence-corrected chi connectivity index (χ4v) is 2.04. The molecule has 7 heteroatoms. The van der Waals surface area contributed by atoms with Gasteiger partial charge in [-0.15, -0.1) is 0 Å². The normalized spacial score (nSPS) is 42.9. The van der Waals surface area contributed by atoms with Gasteiger partial charge in [0, 0.05) is 0 Å². The second-order valence-corrected chi connectivity index (χ2v) is 5.22. The zero-order valence-corrected chi connectivity index (χ0v) is 11.3. The Hall–Kier alpha value is -0.280. The first-order valence-electron chi connectivity index (χ1n) is 6.42. The third-order valence-corrected chi connectivity index (χ3v) is 3.16. The SMILES string of the molecule is CC1(CO)OCC(COCC2COC(C)(CO)O2)O1. The minimum absolute atomic E-state index is 0.183. The predicted octanol–water partition coefficient (Wildman–Crippen LogP) is -0.749.